The average Bonchev–Trinajstić information content (AvgIpc) is 2.46. The standard InChI is InChI=1S/C15H11NO3/c17-15(13-9-5-2-6-10-13)14(16(18)19)11-12-7-3-1-4-8-12/h1-11H/b14-11-. The Morgan fingerprint density at radius 2 is 1.47 bits per heavy atom. The van der Waals surface area contributed by atoms with Crippen LogP contribution in [0.1, 0.15) is 15.9 Å². The quantitative estimate of drug-likeness (QED) is 0.364. The van der Waals surface area contributed by atoms with Gasteiger partial charge in [-0.3, -0.25) is 14.9 Å². The summed E-state index contributed by atoms with van der Waals surface area (Å²) in [5.41, 5.74) is 0.497. The summed E-state index contributed by atoms with van der Waals surface area (Å²) in [4.78, 5) is 22.5. The smallest absolute Gasteiger partial charge is 0.282 e. The molecule has 0 N–H and O–H groups in total. The lowest BCUT2D eigenvalue weighted by atomic mass is 10.1. The van der Waals surface area contributed by atoms with Gasteiger partial charge < -0.3 is 0 Å². The van der Waals surface area contributed by atoms with E-state index in [0.717, 1.165) is 0 Å². The molecule has 0 saturated carbocycles. The molecule has 2 aromatic rings. The predicted molar refractivity (Wildman–Crippen MR) is 72.2 cm³/mol. The number of rotatable bonds is 4. The summed E-state index contributed by atoms with van der Waals surface area (Å²) in [5, 5.41) is 11.0. The summed E-state index contributed by atoms with van der Waals surface area (Å²) in [7, 11) is 0. The van der Waals surface area contributed by atoms with Crippen LogP contribution in [0.15, 0.2) is 66.4 Å². The SMILES string of the molecule is O=C(/C(=C/c1ccccc1)[N+](=O)[O-])c1ccccc1. The minimum atomic E-state index is -0.650. The van der Waals surface area contributed by atoms with Crippen molar-refractivity contribution in [2.75, 3.05) is 0 Å². The number of carbonyl (C=O) groups is 1. The van der Waals surface area contributed by atoms with Gasteiger partial charge in [0.25, 0.3) is 5.78 Å². The van der Waals surface area contributed by atoms with Crippen LogP contribution >= 0.6 is 0 Å². The molecule has 0 atom stereocenters. The highest BCUT2D eigenvalue weighted by Crippen LogP contribution is 2.13. The summed E-state index contributed by atoms with van der Waals surface area (Å²) >= 11 is 0. The summed E-state index contributed by atoms with van der Waals surface area (Å²) < 4.78 is 0. The maximum absolute atomic E-state index is 12.1. The molecule has 94 valence electrons. The van der Waals surface area contributed by atoms with Crippen LogP contribution in [0.2, 0.25) is 0 Å². The second-order valence-corrected chi connectivity index (χ2v) is 3.89. The summed E-state index contributed by atoms with van der Waals surface area (Å²) in [5.74, 6) is -0.588. The zero-order chi connectivity index (χ0) is 13.7. The lowest BCUT2D eigenvalue weighted by Gasteiger charge is -1.99. The van der Waals surface area contributed by atoms with Gasteiger partial charge in [-0.05, 0) is 5.56 Å². The molecular formula is C15H11NO3. The van der Waals surface area contributed by atoms with Crippen LogP contribution in [0.25, 0.3) is 6.08 Å². The fraction of sp³-hybridized carbons (Fsp3) is 0. The first-order valence-electron chi connectivity index (χ1n) is 5.69. The molecule has 0 aliphatic heterocycles. The first kappa shape index (κ1) is 12.7. The summed E-state index contributed by atoms with van der Waals surface area (Å²) in [6.45, 7) is 0. The second-order valence-electron chi connectivity index (χ2n) is 3.89. The molecule has 2 rings (SSSR count). The molecule has 2 aromatic carbocycles. The number of hydrogen-bond acceptors (Lipinski definition) is 3. The molecule has 0 heterocycles. The van der Waals surface area contributed by atoms with Crippen molar-refractivity contribution in [2.45, 2.75) is 0 Å². The largest absolute Gasteiger partial charge is 0.317 e. The Morgan fingerprint density at radius 3 is 2.00 bits per heavy atom. The first-order chi connectivity index (χ1) is 9.18. The van der Waals surface area contributed by atoms with Gasteiger partial charge in [-0.25, -0.2) is 0 Å². The molecule has 0 saturated heterocycles. The Bertz CT molecular complexity index is 618. The minimum absolute atomic E-state index is 0.307. The third kappa shape index (κ3) is 3.13. The maximum atomic E-state index is 12.1. The maximum Gasteiger partial charge on any atom is 0.317 e. The number of ketones is 1. The van der Waals surface area contributed by atoms with Gasteiger partial charge in [0.05, 0.1) is 4.92 Å². The molecule has 0 radical (unpaired) electrons. The van der Waals surface area contributed by atoms with Crippen molar-refractivity contribution in [3.05, 3.63) is 87.6 Å². The Labute approximate surface area is 110 Å². The van der Waals surface area contributed by atoms with Crippen molar-refractivity contribution < 1.29 is 9.72 Å². The fourth-order valence-electron chi connectivity index (χ4n) is 1.65. The van der Waals surface area contributed by atoms with Gasteiger partial charge in [0, 0.05) is 11.6 Å². The van der Waals surface area contributed by atoms with Crippen LogP contribution in [0.5, 0.6) is 0 Å². The van der Waals surface area contributed by atoms with Gasteiger partial charge >= 0.3 is 5.70 Å². The number of nitro groups is 1. The fourth-order valence-corrected chi connectivity index (χ4v) is 1.65. The zero-order valence-corrected chi connectivity index (χ0v) is 10.0. The number of benzene rings is 2. The van der Waals surface area contributed by atoms with Crippen molar-refractivity contribution in [1.29, 1.82) is 0 Å². The van der Waals surface area contributed by atoms with Gasteiger partial charge in [-0.2, -0.15) is 0 Å². The average molecular weight is 253 g/mol. The van der Waals surface area contributed by atoms with Gasteiger partial charge in [-0.15, -0.1) is 0 Å². The van der Waals surface area contributed by atoms with E-state index < -0.39 is 16.4 Å². The molecule has 0 aliphatic rings. The van der Waals surface area contributed by atoms with E-state index >= 15 is 0 Å². The number of nitrogens with zero attached hydrogens (tertiary/aromatic N) is 1. The third-order valence-corrected chi connectivity index (χ3v) is 2.57. The molecule has 4 nitrogen and oxygen atoms in total. The van der Waals surface area contributed by atoms with Crippen molar-refractivity contribution in [3.63, 3.8) is 0 Å². The Morgan fingerprint density at radius 1 is 0.947 bits per heavy atom. The molecule has 0 amide bonds. The lowest BCUT2D eigenvalue weighted by Crippen LogP contribution is -2.11. The van der Waals surface area contributed by atoms with E-state index in [1.54, 1.807) is 54.6 Å². The van der Waals surface area contributed by atoms with Gasteiger partial charge in [0.1, 0.15) is 0 Å². The van der Waals surface area contributed by atoms with Crippen LogP contribution in [0.4, 0.5) is 0 Å². The molecule has 0 unspecified atom stereocenters. The Hall–Kier alpha value is -2.75. The van der Waals surface area contributed by atoms with Gasteiger partial charge in [0.15, 0.2) is 0 Å². The molecule has 0 fully saturated rings. The topological polar surface area (TPSA) is 60.2 Å². The van der Waals surface area contributed by atoms with Crippen molar-refractivity contribution in [2.24, 2.45) is 0 Å². The molecule has 0 aromatic heterocycles. The molecule has 0 aliphatic carbocycles. The minimum Gasteiger partial charge on any atom is -0.282 e. The van der Waals surface area contributed by atoms with Crippen LogP contribution in [0, 0.1) is 10.1 Å². The number of Topliss-reactive ketones (excluding diaryl/α,β-unsaturated/α-hetero) is 1. The Balaban J connectivity index is 2.40. The zero-order valence-electron chi connectivity index (χ0n) is 10.0. The van der Waals surface area contributed by atoms with E-state index in [2.05, 4.69) is 0 Å². The van der Waals surface area contributed by atoms with E-state index in [0.29, 0.717) is 11.1 Å². The van der Waals surface area contributed by atoms with E-state index in [9.17, 15) is 14.9 Å². The highest BCUT2D eigenvalue weighted by Gasteiger charge is 2.23. The van der Waals surface area contributed by atoms with E-state index in [1.165, 1.54) is 6.08 Å². The molecule has 4 heteroatoms. The molecule has 0 spiro atoms. The second kappa shape index (κ2) is 5.73. The van der Waals surface area contributed by atoms with Crippen LogP contribution in [-0.4, -0.2) is 10.7 Å². The molecule has 0 bridgehead atoms. The van der Waals surface area contributed by atoms with Crippen molar-refractivity contribution in [1.82, 2.24) is 0 Å². The normalized spacial score (nSPS) is 11.1. The highest BCUT2D eigenvalue weighted by atomic mass is 16.6. The first-order valence-corrected chi connectivity index (χ1v) is 5.69. The highest BCUT2D eigenvalue weighted by molar-refractivity contribution is 6.09. The van der Waals surface area contributed by atoms with Crippen LogP contribution in [-0.2, 0) is 0 Å². The molecular weight excluding hydrogens is 242 g/mol. The number of hydrogen-bond donors (Lipinski definition) is 0. The number of allylic oxidation sites excluding steroid dienone is 1. The summed E-state index contributed by atoms with van der Waals surface area (Å²) in [6.07, 6.45) is 1.29. The number of carbonyl (C=O) groups excluding carboxylic acids is 1. The van der Waals surface area contributed by atoms with E-state index in [-0.39, 0.29) is 0 Å². The third-order valence-electron chi connectivity index (χ3n) is 2.57. The van der Waals surface area contributed by atoms with E-state index in [1.807, 2.05) is 6.07 Å². The van der Waals surface area contributed by atoms with E-state index in [4.69, 9.17) is 0 Å². The Kier molecular flexibility index (Phi) is 3.83. The van der Waals surface area contributed by atoms with Crippen LogP contribution in [0.3, 0.4) is 0 Å². The monoisotopic (exact) mass is 253 g/mol. The summed E-state index contributed by atoms with van der Waals surface area (Å²) in [6, 6.07) is 17.0. The predicted octanol–water partition coefficient (Wildman–Crippen LogP) is 3.19. The van der Waals surface area contributed by atoms with Gasteiger partial charge in [-0.1, -0.05) is 60.7 Å². The van der Waals surface area contributed by atoms with Crippen molar-refractivity contribution >= 4 is 11.9 Å². The van der Waals surface area contributed by atoms with Gasteiger partial charge in [0.2, 0.25) is 0 Å². The van der Waals surface area contributed by atoms with Crippen LogP contribution < -0.4 is 0 Å². The van der Waals surface area contributed by atoms with Crippen molar-refractivity contribution in [3.8, 4) is 0 Å². The molecule has 19 heavy (non-hydrogen) atoms. The lowest BCUT2D eigenvalue weighted by molar-refractivity contribution is -0.415.